The maximum absolute atomic E-state index is 10.7. The van der Waals surface area contributed by atoms with E-state index in [0.717, 1.165) is 18.4 Å². The van der Waals surface area contributed by atoms with Gasteiger partial charge < -0.3 is 15.7 Å². The Kier molecular flexibility index (Phi) is 6.48. The van der Waals surface area contributed by atoms with E-state index in [9.17, 15) is 5.11 Å². The van der Waals surface area contributed by atoms with Crippen LogP contribution in [0.4, 0.5) is 0 Å². The molecular weight excluding hydrogens is 365 g/mol. The molecule has 1 aliphatic rings. The first kappa shape index (κ1) is 17.0. The summed E-state index contributed by atoms with van der Waals surface area (Å²) in [4.78, 5) is 4.11. The molecule has 1 aromatic carbocycles. The Bertz CT molecular complexity index is 490. The van der Waals surface area contributed by atoms with Gasteiger partial charge in [0.05, 0.1) is 6.54 Å². The first-order valence-electron chi connectivity index (χ1n) is 6.56. The molecule has 2 rings (SSSR count). The second kappa shape index (κ2) is 7.64. The Labute approximate surface area is 137 Å². The molecule has 0 bridgehead atoms. The van der Waals surface area contributed by atoms with Crippen LogP contribution in [-0.4, -0.2) is 31.2 Å². The average molecular weight is 387 g/mol. The molecular formula is C15H22IN3O. The SMILES string of the molecule is C=CCNC(=NC)NCC1(O)CCc2ccccc21.I. The van der Waals surface area contributed by atoms with Gasteiger partial charge in [-0.25, -0.2) is 0 Å². The number of guanidine groups is 1. The number of aliphatic imine (C=N–C) groups is 1. The lowest BCUT2D eigenvalue weighted by Crippen LogP contribution is -2.44. The number of aryl methyl sites for hydroxylation is 1. The first-order valence-corrected chi connectivity index (χ1v) is 6.56. The summed E-state index contributed by atoms with van der Waals surface area (Å²) in [5, 5.41) is 17.0. The van der Waals surface area contributed by atoms with E-state index in [2.05, 4.69) is 28.3 Å². The van der Waals surface area contributed by atoms with E-state index < -0.39 is 5.60 Å². The Morgan fingerprint density at radius 3 is 2.90 bits per heavy atom. The minimum atomic E-state index is -0.803. The molecule has 20 heavy (non-hydrogen) atoms. The number of nitrogens with one attached hydrogen (secondary N) is 2. The highest BCUT2D eigenvalue weighted by Crippen LogP contribution is 2.35. The van der Waals surface area contributed by atoms with Gasteiger partial charge >= 0.3 is 0 Å². The molecule has 5 heteroatoms. The molecule has 0 amide bonds. The number of aliphatic hydroxyl groups is 1. The van der Waals surface area contributed by atoms with Gasteiger partial charge in [0.2, 0.25) is 0 Å². The maximum atomic E-state index is 10.7. The predicted octanol–water partition coefficient (Wildman–Crippen LogP) is 1.79. The van der Waals surface area contributed by atoms with Crippen molar-refractivity contribution in [1.82, 2.24) is 10.6 Å². The minimum absolute atomic E-state index is 0. The second-order valence-corrected chi connectivity index (χ2v) is 4.78. The van der Waals surface area contributed by atoms with Crippen molar-refractivity contribution < 1.29 is 5.11 Å². The molecule has 1 atom stereocenters. The fourth-order valence-corrected chi connectivity index (χ4v) is 2.47. The standard InChI is InChI=1S/C15H21N3O.HI/c1-3-10-17-14(16-2)18-11-15(19)9-8-12-6-4-5-7-13(12)15;/h3-7,19H,1,8-11H2,2H3,(H2,16,17,18);1H. The summed E-state index contributed by atoms with van der Waals surface area (Å²) in [6.45, 7) is 4.76. The molecule has 0 radical (unpaired) electrons. The van der Waals surface area contributed by atoms with Gasteiger partial charge in [-0.05, 0) is 24.0 Å². The van der Waals surface area contributed by atoms with E-state index in [1.165, 1.54) is 5.56 Å². The van der Waals surface area contributed by atoms with Crippen LogP contribution in [0.1, 0.15) is 17.5 Å². The lowest BCUT2D eigenvalue weighted by Gasteiger charge is -2.25. The monoisotopic (exact) mass is 387 g/mol. The van der Waals surface area contributed by atoms with Gasteiger partial charge in [0.1, 0.15) is 5.60 Å². The van der Waals surface area contributed by atoms with Crippen molar-refractivity contribution >= 4 is 29.9 Å². The van der Waals surface area contributed by atoms with Crippen molar-refractivity contribution in [2.24, 2.45) is 4.99 Å². The lowest BCUT2D eigenvalue weighted by atomic mass is 9.96. The summed E-state index contributed by atoms with van der Waals surface area (Å²) in [6.07, 6.45) is 3.44. The summed E-state index contributed by atoms with van der Waals surface area (Å²) < 4.78 is 0. The van der Waals surface area contributed by atoms with Crippen LogP contribution in [0, 0.1) is 0 Å². The molecule has 1 aromatic rings. The molecule has 0 aromatic heterocycles. The number of hydrogen-bond acceptors (Lipinski definition) is 2. The quantitative estimate of drug-likeness (QED) is 0.320. The lowest BCUT2D eigenvalue weighted by molar-refractivity contribution is 0.0432. The normalized spacial score (nSPS) is 20.8. The Hall–Kier alpha value is -1.08. The third-order valence-electron chi connectivity index (χ3n) is 3.51. The number of benzene rings is 1. The maximum Gasteiger partial charge on any atom is 0.191 e. The third-order valence-corrected chi connectivity index (χ3v) is 3.51. The van der Waals surface area contributed by atoms with Crippen molar-refractivity contribution in [1.29, 1.82) is 0 Å². The van der Waals surface area contributed by atoms with Gasteiger partial charge in [-0.3, -0.25) is 4.99 Å². The number of hydrogen-bond donors (Lipinski definition) is 3. The van der Waals surface area contributed by atoms with Crippen molar-refractivity contribution in [2.75, 3.05) is 20.1 Å². The first-order chi connectivity index (χ1) is 9.19. The summed E-state index contributed by atoms with van der Waals surface area (Å²) >= 11 is 0. The van der Waals surface area contributed by atoms with E-state index >= 15 is 0 Å². The van der Waals surface area contributed by atoms with Crippen LogP contribution in [0.5, 0.6) is 0 Å². The van der Waals surface area contributed by atoms with Gasteiger partial charge in [-0.2, -0.15) is 0 Å². The highest BCUT2D eigenvalue weighted by Gasteiger charge is 2.36. The van der Waals surface area contributed by atoms with Gasteiger partial charge in [0, 0.05) is 13.6 Å². The number of halogens is 1. The van der Waals surface area contributed by atoms with Crippen LogP contribution in [0.15, 0.2) is 41.9 Å². The highest BCUT2D eigenvalue weighted by atomic mass is 127. The summed E-state index contributed by atoms with van der Waals surface area (Å²) in [5.41, 5.74) is 1.46. The van der Waals surface area contributed by atoms with Crippen molar-refractivity contribution in [3.8, 4) is 0 Å². The molecule has 0 fully saturated rings. The summed E-state index contributed by atoms with van der Waals surface area (Å²) in [5.74, 6) is 0.678. The molecule has 1 aliphatic carbocycles. The molecule has 1 unspecified atom stereocenters. The zero-order chi connectivity index (χ0) is 13.7. The van der Waals surface area contributed by atoms with Crippen LogP contribution in [0.25, 0.3) is 0 Å². The number of rotatable bonds is 4. The van der Waals surface area contributed by atoms with Crippen LogP contribution >= 0.6 is 24.0 Å². The minimum Gasteiger partial charge on any atom is -0.383 e. The van der Waals surface area contributed by atoms with Crippen LogP contribution in [0.2, 0.25) is 0 Å². The van der Waals surface area contributed by atoms with E-state index in [-0.39, 0.29) is 24.0 Å². The molecule has 0 saturated carbocycles. The van der Waals surface area contributed by atoms with Crippen molar-refractivity contribution in [2.45, 2.75) is 18.4 Å². The molecule has 4 nitrogen and oxygen atoms in total. The largest absolute Gasteiger partial charge is 0.383 e. The van der Waals surface area contributed by atoms with Crippen molar-refractivity contribution in [3.05, 3.63) is 48.0 Å². The van der Waals surface area contributed by atoms with E-state index in [0.29, 0.717) is 19.0 Å². The predicted molar refractivity (Wildman–Crippen MR) is 93.6 cm³/mol. The fraction of sp³-hybridized carbons (Fsp3) is 0.400. The smallest absolute Gasteiger partial charge is 0.191 e. The zero-order valence-corrected chi connectivity index (χ0v) is 14.1. The van der Waals surface area contributed by atoms with E-state index in [1.54, 1.807) is 13.1 Å². The van der Waals surface area contributed by atoms with Crippen LogP contribution in [0.3, 0.4) is 0 Å². The van der Waals surface area contributed by atoms with Gasteiger partial charge in [-0.1, -0.05) is 30.3 Å². The molecule has 0 spiro atoms. The third kappa shape index (κ3) is 3.73. The number of fused-ring (bicyclic) bond motifs is 1. The van der Waals surface area contributed by atoms with E-state index in [1.807, 2.05) is 18.2 Å². The van der Waals surface area contributed by atoms with Gasteiger partial charge in [0.15, 0.2) is 5.96 Å². The second-order valence-electron chi connectivity index (χ2n) is 4.78. The Morgan fingerprint density at radius 2 is 2.20 bits per heavy atom. The van der Waals surface area contributed by atoms with Gasteiger partial charge in [0.25, 0.3) is 0 Å². The molecule has 0 aliphatic heterocycles. The fourth-order valence-electron chi connectivity index (χ4n) is 2.47. The van der Waals surface area contributed by atoms with E-state index in [4.69, 9.17) is 0 Å². The van der Waals surface area contributed by atoms with Crippen LogP contribution in [-0.2, 0) is 12.0 Å². The number of nitrogens with zero attached hydrogens (tertiary/aromatic N) is 1. The molecule has 110 valence electrons. The highest BCUT2D eigenvalue weighted by molar-refractivity contribution is 14.0. The summed E-state index contributed by atoms with van der Waals surface area (Å²) in [6, 6.07) is 8.07. The van der Waals surface area contributed by atoms with Crippen LogP contribution < -0.4 is 10.6 Å². The average Bonchev–Trinajstić information content (AvgIpc) is 2.78. The van der Waals surface area contributed by atoms with Gasteiger partial charge in [-0.15, -0.1) is 30.6 Å². The molecule has 0 saturated heterocycles. The summed E-state index contributed by atoms with van der Waals surface area (Å²) in [7, 11) is 1.71. The Balaban J connectivity index is 0.00000200. The molecule has 3 N–H and O–H groups in total. The zero-order valence-electron chi connectivity index (χ0n) is 11.7. The topological polar surface area (TPSA) is 56.7 Å². The van der Waals surface area contributed by atoms with Crippen molar-refractivity contribution in [3.63, 3.8) is 0 Å². The molecule has 0 heterocycles. The Morgan fingerprint density at radius 1 is 1.45 bits per heavy atom.